The quantitative estimate of drug-likeness (QED) is 0.815. The van der Waals surface area contributed by atoms with Gasteiger partial charge in [-0.25, -0.2) is 4.98 Å². The average Bonchev–Trinajstić information content (AvgIpc) is 2.22. The van der Waals surface area contributed by atoms with E-state index >= 15 is 0 Å². The largest absolute Gasteiger partial charge is 0.474 e. The van der Waals surface area contributed by atoms with E-state index in [0.29, 0.717) is 6.10 Å². The molecule has 0 bridgehead atoms. The Morgan fingerprint density at radius 3 is 2.73 bits per heavy atom. The van der Waals surface area contributed by atoms with Crippen LogP contribution >= 0.6 is 15.9 Å². The van der Waals surface area contributed by atoms with Crippen molar-refractivity contribution in [1.29, 1.82) is 0 Å². The summed E-state index contributed by atoms with van der Waals surface area (Å²) in [6.45, 7) is 2.31. The first kappa shape index (κ1) is 10.9. The van der Waals surface area contributed by atoms with Crippen LogP contribution in [0.4, 0.5) is 0 Å². The molecule has 1 aliphatic rings. The zero-order valence-electron chi connectivity index (χ0n) is 8.95. The number of rotatable bonds is 2. The van der Waals surface area contributed by atoms with Gasteiger partial charge in [-0.2, -0.15) is 0 Å². The third-order valence-corrected chi connectivity index (χ3v) is 3.44. The first-order chi connectivity index (χ1) is 7.24. The van der Waals surface area contributed by atoms with Crippen molar-refractivity contribution in [2.75, 3.05) is 0 Å². The van der Waals surface area contributed by atoms with Crippen molar-refractivity contribution >= 4 is 15.9 Å². The molecule has 0 radical (unpaired) electrons. The lowest BCUT2D eigenvalue weighted by Gasteiger charge is -2.26. The molecule has 1 fully saturated rings. The van der Waals surface area contributed by atoms with Gasteiger partial charge >= 0.3 is 0 Å². The van der Waals surface area contributed by atoms with Gasteiger partial charge in [0.1, 0.15) is 6.10 Å². The van der Waals surface area contributed by atoms with Crippen molar-refractivity contribution in [3.63, 3.8) is 0 Å². The van der Waals surface area contributed by atoms with Crippen LogP contribution in [0.1, 0.15) is 32.6 Å². The maximum Gasteiger partial charge on any atom is 0.214 e. The van der Waals surface area contributed by atoms with Crippen LogP contribution in [-0.2, 0) is 0 Å². The fourth-order valence-corrected chi connectivity index (χ4v) is 2.28. The molecule has 0 N–H and O–H groups in total. The molecule has 0 spiro atoms. The van der Waals surface area contributed by atoms with Crippen LogP contribution in [-0.4, -0.2) is 11.1 Å². The molecule has 2 nitrogen and oxygen atoms in total. The lowest BCUT2D eigenvalue weighted by atomic mass is 9.89. The Morgan fingerprint density at radius 1 is 1.33 bits per heavy atom. The average molecular weight is 270 g/mol. The van der Waals surface area contributed by atoms with E-state index in [2.05, 4.69) is 27.8 Å². The van der Waals surface area contributed by atoms with Crippen LogP contribution in [0.25, 0.3) is 0 Å². The van der Waals surface area contributed by atoms with E-state index in [1.807, 2.05) is 12.1 Å². The van der Waals surface area contributed by atoms with Crippen molar-refractivity contribution in [2.45, 2.75) is 38.7 Å². The molecule has 1 heterocycles. The van der Waals surface area contributed by atoms with Gasteiger partial charge in [-0.05, 0) is 37.7 Å². The van der Waals surface area contributed by atoms with Gasteiger partial charge in [-0.3, -0.25) is 0 Å². The topological polar surface area (TPSA) is 22.1 Å². The minimum atomic E-state index is 0.364. The summed E-state index contributed by atoms with van der Waals surface area (Å²) < 4.78 is 6.87. The van der Waals surface area contributed by atoms with Crippen LogP contribution in [0.3, 0.4) is 0 Å². The van der Waals surface area contributed by atoms with E-state index in [4.69, 9.17) is 4.74 Å². The second-order valence-corrected chi connectivity index (χ2v) is 5.23. The molecule has 1 aromatic heterocycles. The Bertz CT molecular complexity index is 321. The maximum absolute atomic E-state index is 5.84. The summed E-state index contributed by atoms with van der Waals surface area (Å²) in [5.74, 6) is 1.60. The zero-order valence-corrected chi connectivity index (χ0v) is 10.5. The smallest absolute Gasteiger partial charge is 0.214 e. The van der Waals surface area contributed by atoms with Crippen LogP contribution in [0.5, 0.6) is 5.88 Å². The number of halogens is 1. The molecule has 0 amide bonds. The summed E-state index contributed by atoms with van der Waals surface area (Å²) in [6.07, 6.45) is 7.01. The number of nitrogens with zero attached hydrogens (tertiary/aromatic N) is 1. The van der Waals surface area contributed by atoms with Gasteiger partial charge in [-0.1, -0.05) is 22.9 Å². The minimum Gasteiger partial charge on any atom is -0.474 e. The molecule has 0 aliphatic heterocycles. The van der Waals surface area contributed by atoms with E-state index < -0.39 is 0 Å². The standard InChI is InChI=1S/C12H16BrNO/c1-9-2-4-11(5-3-9)15-12-8-10(13)6-7-14-12/h6-9,11H,2-5H2,1H3/t9-,11-. The molecule has 1 aliphatic carbocycles. The molecular formula is C12H16BrNO. The number of ether oxygens (including phenoxy) is 1. The summed E-state index contributed by atoms with van der Waals surface area (Å²) >= 11 is 3.42. The van der Waals surface area contributed by atoms with E-state index in [0.717, 1.165) is 29.1 Å². The van der Waals surface area contributed by atoms with Gasteiger partial charge in [0.15, 0.2) is 0 Å². The zero-order chi connectivity index (χ0) is 10.7. The SMILES string of the molecule is C[C@H]1CC[C@H](Oc2cc(Br)ccn2)CC1. The molecule has 0 saturated heterocycles. The van der Waals surface area contributed by atoms with Crippen molar-refractivity contribution in [1.82, 2.24) is 4.98 Å². The van der Waals surface area contributed by atoms with E-state index in [9.17, 15) is 0 Å². The summed E-state index contributed by atoms with van der Waals surface area (Å²) in [7, 11) is 0. The number of hydrogen-bond acceptors (Lipinski definition) is 2. The van der Waals surface area contributed by atoms with Crippen molar-refractivity contribution in [2.24, 2.45) is 5.92 Å². The Hall–Kier alpha value is -0.570. The molecule has 3 heteroatoms. The van der Waals surface area contributed by atoms with Gasteiger partial charge in [-0.15, -0.1) is 0 Å². The Kier molecular flexibility index (Phi) is 3.62. The third kappa shape index (κ3) is 3.20. The molecule has 0 atom stereocenters. The highest BCUT2D eigenvalue weighted by Crippen LogP contribution is 2.27. The predicted octanol–water partition coefficient (Wildman–Crippen LogP) is 3.80. The predicted molar refractivity (Wildman–Crippen MR) is 64.0 cm³/mol. The molecule has 0 aromatic carbocycles. The first-order valence-electron chi connectivity index (χ1n) is 5.52. The van der Waals surface area contributed by atoms with Crippen LogP contribution in [0.2, 0.25) is 0 Å². The van der Waals surface area contributed by atoms with Crippen LogP contribution in [0, 0.1) is 5.92 Å². The highest BCUT2D eigenvalue weighted by Gasteiger charge is 2.19. The van der Waals surface area contributed by atoms with Gasteiger partial charge in [0.25, 0.3) is 0 Å². The van der Waals surface area contributed by atoms with Crippen LogP contribution in [0.15, 0.2) is 22.8 Å². The summed E-state index contributed by atoms with van der Waals surface area (Å²) in [4.78, 5) is 4.20. The molecule has 15 heavy (non-hydrogen) atoms. The third-order valence-electron chi connectivity index (χ3n) is 2.95. The molecule has 0 unspecified atom stereocenters. The van der Waals surface area contributed by atoms with Crippen LogP contribution < -0.4 is 4.74 Å². The lowest BCUT2D eigenvalue weighted by Crippen LogP contribution is -2.23. The fourth-order valence-electron chi connectivity index (χ4n) is 1.97. The maximum atomic E-state index is 5.84. The van der Waals surface area contributed by atoms with E-state index in [1.165, 1.54) is 12.8 Å². The van der Waals surface area contributed by atoms with Crippen molar-refractivity contribution in [3.8, 4) is 5.88 Å². The van der Waals surface area contributed by atoms with Gasteiger partial charge in [0, 0.05) is 16.7 Å². The number of hydrogen-bond donors (Lipinski definition) is 0. The van der Waals surface area contributed by atoms with Crippen molar-refractivity contribution < 1.29 is 4.74 Å². The van der Waals surface area contributed by atoms with Gasteiger partial charge in [0.2, 0.25) is 5.88 Å². The molecule has 82 valence electrons. The highest BCUT2D eigenvalue weighted by molar-refractivity contribution is 9.10. The summed E-state index contributed by atoms with van der Waals surface area (Å²) in [6, 6.07) is 3.84. The second-order valence-electron chi connectivity index (χ2n) is 4.31. The Balaban J connectivity index is 1.92. The normalized spacial score (nSPS) is 26.3. The highest BCUT2D eigenvalue weighted by atomic mass is 79.9. The van der Waals surface area contributed by atoms with E-state index in [1.54, 1.807) is 6.20 Å². The van der Waals surface area contributed by atoms with E-state index in [-0.39, 0.29) is 0 Å². The number of pyridine rings is 1. The van der Waals surface area contributed by atoms with Gasteiger partial charge < -0.3 is 4.74 Å². The van der Waals surface area contributed by atoms with Crippen molar-refractivity contribution in [3.05, 3.63) is 22.8 Å². The number of aromatic nitrogens is 1. The molecule has 2 rings (SSSR count). The lowest BCUT2D eigenvalue weighted by molar-refractivity contribution is 0.130. The molecular weight excluding hydrogens is 254 g/mol. The second kappa shape index (κ2) is 4.97. The fraction of sp³-hybridized carbons (Fsp3) is 0.583. The minimum absolute atomic E-state index is 0.364. The Labute approximate surface area is 99.2 Å². The molecule has 1 saturated carbocycles. The summed E-state index contributed by atoms with van der Waals surface area (Å²) in [5, 5.41) is 0. The Morgan fingerprint density at radius 2 is 2.07 bits per heavy atom. The monoisotopic (exact) mass is 269 g/mol. The molecule has 1 aromatic rings. The summed E-state index contributed by atoms with van der Waals surface area (Å²) in [5.41, 5.74) is 0. The first-order valence-corrected chi connectivity index (χ1v) is 6.31. The van der Waals surface area contributed by atoms with Gasteiger partial charge in [0.05, 0.1) is 0 Å².